The van der Waals surface area contributed by atoms with Crippen LogP contribution >= 0.6 is 0 Å². The number of hydrogen-bond acceptors (Lipinski definition) is 0. The van der Waals surface area contributed by atoms with Crippen LogP contribution in [0.25, 0.3) is 143 Å². The fourth-order valence-electron chi connectivity index (χ4n) is 12.0. The van der Waals surface area contributed by atoms with Crippen molar-refractivity contribution in [3.05, 3.63) is 230 Å². The van der Waals surface area contributed by atoms with Gasteiger partial charge in [-0.15, -0.1) is 0 Å². The SMILES string of the molecule is Cc1c(-c2ccc3c4ccc5c6c(ccc(c7cccc2c73)c64)-c2c-5c(-c3ccccc3)c3ccccc3c2-c2ccccc2)c(-c2ccccc2)c2ccccc2c1-c1ccccc1. The van der Waals surface area contributed by atoms with Crippen molar-refractivity contribution in [2.24, 2.45) is 0 Å². The van der Waals surface area contributed by atoms with Gasteiger partial charge in [0.25, 0.3) is 0 Å². The van der Waals surface area contributed by atoms with Crippen molar-refractivity contribution in [3.63, 3.8) is 0 Å². The molecule has 0 unspecified atom stereocenters. The summed E-state index contributed by atoms with van der Waals surface area (Å²) in [4.78, 5) is 0. The fourth-order valence-corrected chi connectivity index (χ4v) is 12.0. The molecule has 13 aromatic rings. The lowest BCUT2D eigenvalue weighted by Gasteiger charge is -2.24. The van der Waals surface area contributed by atoms with Gasteiger partial charge in [-0.3, -0.25) is 0 Å². The molecule has 0 radical (unpaired) electrons. The van der Waals surface area contributed by atoms with E-state index < -0.39 is 0 Å². The van der Waals surface area contributed by atoms with Crippen LogP contribution in [0, 0.1) is 6.92 Å². The summed E-state index contributed by atoms with van der Waals surface area (Å²) < 4.78 is 0. The molecular formula is C65H40. The molecule has 1 aliphatic rings. The summed E-state index contributed by atoms with van der Waals surface area (Å²) in [7, 11) is 0. The molecule has 0 saturated heterocycles. The first-order valence-corrected chi connectivity index (χ1v) is 22.8. The predicted octanol–water partition coefficient (Wildman–Crippen LogP) is 18.3. The minimum absolute atomic E-state index is 1.23. The molecule has 0 fully saturated rings. The van der Waals surface area contributed by atoms with E-state index >= 15 is 0 Å². The third kappa shape index (κ3) is 5.03. The van der Waals surface area contributed by atoms with Crippen molar-refractivity contribution in [3.8, 4) is 77.9 Å². The first kappa shape index (κ1) is 36.2. The fraction of sp³-hybridized carbons (Fsp3) is 0.0154. The van der Waals surface area contributed by atoms with Crippen LogP contribution in [0.3, 0.4) is 0 Å². The highest BCUT2D eigenvalue weighted by molar-refractivity contribution is 6.40. The normalized spacial score (nSPS) is 12.1. The van der Waals surface area contributed by atoms with Gasteiger partial charge in [-0.1, -0.05) is 224 Å². The monoisotopic (exact) mass is 820 g/mol. The van der Waals surface area contributed by atoms with Gasteiger partial charge in [-0.25, -0.2) is 0 Å². The van der Waals surface area contributed by atoms with E-state index in [2.05, 4.69) is 231 Å². The van der Waals surface area contributed by atoms with Gasteiger partial charge < -0.3 is 0 Å². The molecule has 0 heteroatoms. The summed E-state index contributed by atoms with van der Waals surface area (Å²) in [6.45, 7) is 2.34. The van der Waals surface area contributed by atoms with Gasteiger partial charge in [0.2, 0.25) is 0 Å². The van der Waals surface area contributed by atoms with Crippen LogP contribution < -0.4 is 0 Å². The van der Waals surface area contributed by atoms with Crippen LogP contribution in [0.5, 0.6) is 0 Å². The van der Waals surface area contributed by atoms with E-state index in [-0.39, 0.29) is 0 Å². The zero-order chi connectivity index (χ0) is 42.8. The average Bonchev–Trinajstić information content (AvgIpc) is 3.71. The molecule has 0 aromatic heterocycles. The number of fused-ring (bicyclic) bond motifs is 7. The summed E-state index contributed by atoms with van der Waals surface area (Å²) in [5.74, 6) is 0. The molecule has 0 heterocycles. The quantitative estimate of drug-likeness (QED) is 0.120. The summed E-state index contributed by atoms with van der Waals surface area (Å²) in [5.41, 5.74) is 19.3. The van der Waals surface area contributed by atoms with Crippen molar-refractivity contribution >= 4 is 64.6 Å². The number of hydrogen-bond donors (Lipinski definition) is 0. The third-order valence-electron chi connectivity index (χ3n) is 14.5. The van der Waals surface area contributed by atoms with Gasteiger partial charge in [0.05, 0.1) is 0 Å². The third-order valence-corrected chi connectivity index (χ3v) is 14.5. The van der Waals surface area contributed by atoms with E-state index in [1.54, 1.807) is 0 Å². The van der Waals surface area contributed by atoms with Crippen LogP contribution in [0.4, 0.5) is 0 Å². The van der Waals surface area contributed by atoms with Gasteiger partial charge in [0.15, 0.2) is 0 Å². The highest BCUT2D eigenvalue weighted by Crippen LogP contribution is 2.60. The Morgan fingerprint density at radius 2 is 0.508 bits per heavy atom. The summed E-state index contributed by atoms with van der Waals surface area (Å²) in [6, 6.07) is 83.7. The molecule has 0 bridgehead atoms. The summed E-state index contributed by atoms with van der Waals surface area (Å²) in [5, 5.41) is 15.6. The molecular weight excluding hydrogens is 781 g/mol. The van der Waals surface area contributed by atoms with Crippen molar-refractivity contribution in [1.29, 1.82) is 0 Å². The molecule has 0 nitrogen and oxygen atoms in total. The Morgan fingerprint density at radius 1 is 0.185 bits per heavy atom. The largest absolute Gasteiger partial charge is 0.0622 e. The van der Waals surface area contributed by atoms with Gasteiger partial charge in [0.1, 0.15) is 0 Å². The second-order valence-electron chi connectivity index (χ2n) is 17.8. The zero-order valence-electron chi connectivity index (χ0n) is 35.9. The second kappa shape index (κ2) is 13.8. The van der Waals surface area contributed by atoms with Gasteiger partial charge in [-0.05, 0) is 155 Å². The summed E-state index contributed by atoms with van der Waals surface area (Å²) in [6.07, 6.45) is 0. The van der Waals surface area contributed by atoms with E-state index in [0.29, 0.717) is 0 Å². The number of benzene rings is 13. The lowest BCUT2D eigenvalue weighted by molar-refractivity contribution is 1.47. The summed E-state index contributed by atoms with van der Waals surface area (Å²) >= 11 is 0. The smallest absolute Gasteiger partial charge is 0.000740 e. The van der Waals surface area contributed by atoms with E-state index in [1.807, 2.05) is 0 Å². The molecule has 1 aliphatic carbocycles. The molecule has 0 saturated carbocycles. The van der Waals surface area contributed by atoms with Gasteiger partial charge in [-0.2, -0.15) is 0 Å². The van der Waals surface area contributed by atoms with E-state index in [9.17, 15) is 0 Å². The van der Waals surface area contributed by atoms with Gasteiger partial charge >= 0.3 is 0 Å². The van der Waals surface area contributed by atoms with Crippen LogP contribution in [0.2, 0.25) is 0 Å². The molecule has 65 heavy (non-hydrogen) atoms. The minimum Gasteiger partial charge on any atom is -0.0622 e. The first-order valence-electron chi connectivity index (χ1n) is 22.8. The van der Waals surface area contributed by atoms with Gasteiger partial charge in [0, 0.05) is 0 Å². The van der Waals surface area contributed by atoms with Crippen molar-refractivity contribution in [1.82, 2.24) is 0 Å². The maximum Gasteiger partial charge on any atom is -0.000740 e. The Bertz CT molecular complexity index is 3930. The molecule has 0 spiro atoms. The predicted molar refractivity (Wildman–Crippen MR) is 279 cm³/mol. The van der Waals surface area contributed by atoms with E-state index in [0.717, 1.165) is 0 Å². The maximum atomic E-state index is 2.44. The molecule has 300 valence electrons. The van der Waals surface area contributed by atoms with Crippen LogP contribution in [0.15, 0.2) is 224 Å². The topological polar surface area (TPSA) is 0 Å². The Kier molecular flexibility index (Phi) is 7.71. The lowest BCUT2D eigenvalue weighted by Crippen LogP contribution is -1.97. The van der Waals surface area contributed by atoms with Crippen molar-refractivity contribution in [2.45, 2.75) is 6.92 Å². The Hall–Kier alpha value is -8.32. The molecule has 0 atom stereocenters. The Morgan fingerprint density at radius 3 is 0.969 bits per heavy atom. The Balaban J connectivity index is 1.10. The highest BCUT2D eigenvalue weighted by atomic mass is 14.3. The maximum absolute atomic E-state index is 2.44. The number of rotatable bonds is 5. The molecule has 14 rings (SSSR count). The Labute approximate surface area is 377 Å². The van der Waals surface area contributed by atoms with E-state index in [1.165, 1.54) is 148 Å². The minimum atomic E-state index is 1.23. The molecule has 0 N–H and O–H groups in total. The van der Waals surface area contributed by atoms with Crippen LogP contribution in [-0.2, 0) is 0 Å². The first-order chi connectivity index (χ1) is 32.2. The average molecular weight is 821 g/mol. The van der Waals surface area contributed by atoms with Crippen molar-refractivity contribution in [2.75, 3.05) is 0 Å². The second-order valence-corrected chi connectivity index (χ2v) is 17.8. The van der Waals surface area contributed by atoms with Crippen LogP contribution in [-0.4, -0.2) is 0 Å². The molecule has 0 amide bonds. The molecule has 13 aromatic carbocycles. The van der Waals surface area contributed by atoms with Crippen LogP contribution in [0.1, 0.15) is 5.56 Å². The lowest BCUT2D eigenvalue weighted by atomic mass is 9.79. The van der Waals surface area contributed by atoms with E-state index in [4.69, 9.17) is 0 Å². The highest BCUT2D eigenvalue weighted by Gasteiger charge is 2.32. The molecule has 0 aliphatic heterocycles. The zero-order valence-corrected chi connectivity index (χ0v) is 35.9. The standard InChI is InChI=1S/C65H40/c1-39-56(40-19-6-2-7-20-40)44-27-14-15-28-45(44)58(41-21-8-3-9-22-41)57(39)50-33-34-51-53-36-38-55-63-54(37-35-52(62(53)63)49-32-18-31-48(50)61(49)51)64-59(42-23-10-4-11-24-42)46-29-16-17-30-47(46)60(65(55)64)43-25-12-5-13-26-43/h2-38H,1H3. The van der Waals surface area contributed by atoms with Crippen molar-refractivity contribution < 1.29 is 0 Å².